The first kappa shape index (κ1) is 13.9. The molecule has 1 aliphatic carbocycles. The summed E-state index contributed by atoms with van der Waals surface area (Å²) in [5.41, 5.74) is -0.654. The summed E-state index contributed by atoms with van der Waals surface area (Å²) in [4.78, 5) is 29.1. The Kier molecular flexibility index (Phi) is 3.27. The van der Waals surface area contributed by atoms with Gasteiger partial charge in [-0.1, -0.05) is 6.92 Å². The topological polar surface area (TPSA) is 52.6 Å². The first-order valence-electron chi connectivity index (χ1n) is 7.72. The number of rotatable bonds is 2. The fraction of sp³-hybridized carbons (Fsp3) is 0.867. The Balaban J connectivity index is 1.81. The van der Waals surface area contributed by atoms with Crippen LogP contribution in [-0.4, -0.2) is 59.9 Å². The Hall–Kier alpha value is -1.10. The SMILES string of the molecule is CC1CN(C)CCC1N1CC(=O)NC(C)(C2CC2)C1=O. The number of piperidine rings is 1. The van der Waals surface area contributed by atoms with Crippen LogP contribution in [0.15, 0.2) is 0 Å². The molecule has 3 rings (SSSR count). The fourth-order valence-corrected chi connectivity index (χ4v) is 3.92. The van der Waals surface area contributed by atoms with E-state index in [1.54, 1.807) is 0 Å². The van der Waals surface area contributed by atoms with Gasteiger partial charge < -0.3 is 15.1 Å². The Bertz CT molecular complexity index is 435. The van der Waals surface area contributed by atoms with E-state index in [0.717, 1.165) is 32.4 Å². The molecular weight excluding hydrogens is 254 g/mol. The number of hydrogen-bond donors (Lipinski definition) is 1. The fourth-order valence-electron chi connectivity index (χ4n) is 3.92. The van der Waals surface area contributed by atoms with E-state index in [0.29, 0.717) is 11.8 Å². The van der Waals surface area contributed by atoms with E-state index in [1.807, 2.05) is 11.8 Å². The Morgan fingerprint density at radius 3 is 2.55 bits per heavy atom. The molecule has 0 bridgehead atoms. The van der Waals surface area contributed by atoms with Crippen molar-refractivity contribution in [1.82, 2.24) is 15.1 Å². The molecule has 0 radical (unpaired) electrons. The second-order valence-corrected chi connectivity index (χ2v) is 7.05. The minimum Gasteiger partial charge on any atom is -0.340 e. The maximum Gasteiger partial charge on any atom is 0.249 e. The second kappa shape index (κ2) is 4.72. The van der Waals surface area contributed by atoms with Crippen LogP contribution in [0.2, 0.25) is 0 Å². The zero-order chi connectivity index (χ0) is 14.5. The molecule has 0 spiro atoms. The zero-order valence-corrected chi connectivity index (χ0v) is 12.7. The van der Waals surface area contributed by atoms with Crippen molar-refractivity contribution in [1.29, 1.82) is 0 Å². The number of carbonyl (C=O) groups excluding carboxylic acids is 2. The number of carbonyl (C=O) groups is 2. The van der Waals surface area contributed by atoms with Crippen molar-refractivity contribution in [3.05, 3.63) is 0 Å². The maximum absolute atomic E-state index is 12.9. The quantitative estimate of drug-likeness (QED) is 0.799. The number of hydrogen-bond acceptors (Lipinski definition) is 3. The first-order valence-corrected chi connectivity index (χ1v) is 7.72. The molecule has 1 saturated carbocycles. The van der Waals surface area contributed by atoms with Gasteiger partial charge in [0.05, 0.1) is 6.54 Å². The van der Waals surface area contributed by atoms with Gasteiger partial charge in [-0.15, -0.1) is 0 Å². The van der Waals surface area contributed by atoms with Crippen LogP contribution in [0, 0.1) is 11.8 Å². The molecule has 5 heteroatoms. The van der Waals surface area contributed by atoms with Crippen LogP contribution in [0.5, 0.6) is 0 Å². The molecule has 5 nitrogen and oxygen atoms in total. The van der Waals surface area contributed by atoms with Gasteiger partial charge in [-0.3, -0.25) is 9.59 Å². The normalized spacial score (nSPS) is 39.9. The third-order valence-corrected chi connectivity index (χ3v) is 5.28. The van der Waals surface area contributed by atoms with Gasteiger partial charge in [-0.05, 0) is 51.6 Å². The molecule has 0 aromatic rings. The summed E-state index contributed by atoms with van der Waals surface area (Å²) in [6.45, 7) is 6.34. The average Bonchev–Trinajstić information content (AvgIpc) is 3.18. The second-order valence-electron chi connectivity index (χ2n) is 7.05. The van der Waals surface area contributed by atoms with E-state index in [9.17, 15) is 9.59 Å². The van der Waals surface area contributed by atoms with Crippen LogP contribution in [0.1, 0.15) is 33.1 Å². The predicted octanol–water partition coefficient (Wildman–Crippen LogP) is 0.454. The largest absolute Gasteiger partial charge is 0.340 e. The van der Waals surface area contributed by atoms with E-state index in [-0.39, 0.29) is 24.4 Å². The Morgan fingerprint density at radius 2 is 1.95 bits per heavy atom. The molecule has 2 saturated heterocycles. The van der Waals surface area contributed by atoms with Crippen LogP contribution in [-0.2, 0) is 9.59 Å². The summed E-state index contributed by atoms with van der Waals surface area (Å²) >= 11 is 0. The van der Waals surface area contributed by atoms with Gasteiger partial charge in [-0.2, -0.15) is 0 Å². The predicted molar refractivity (Wildman–Crippen MR) is 76.1 cm³/mol. The summed E-state index contributed by atoms with van der Waals surface area (Å²) in [6, 6.07) is 0.211. The highest BCUT2D eigenvalue weighted by molar-refractivity contribution is 5.98. The molecule has 3 fully saturated rings. The maximum atomic E-state index is 12.9. The molecule has 0 aromatic carbocycles. The summed E-state index contributed by atoms with van der Waals surface area (Å²) < 4.78 is 0. The number of piperazine rings is 1. The molecule has 3 aliphatic rings. The molecule has 2 amide bonds. The number of likely N-dealkylation sites (tertiary alicyclic amines) is 1. The van der Waals surface area contributed by atoms with E-state index in [2.05, 4.69) is 24.2 Å². The molecule has 1 N–H and O–H groups in total. The number of amides is 2. The van der Waals surface area contributed by atoms with E-state index in [4.69, 9.17) is 0 Å². The minimum absolute atomic E-state index is 0.00475. The highest BCUT2D eigenvalue weighted by Crippen LogP contribution is 2.42. The molecule has 20 heavy (non-hydrogen) atoms. The van der Waals surface area contributed by atoms with Crippen molar-refractivity contribution in [2.24, 2.45) is 11.8 Å². The smallest absolute Gasteiger partial charge is 0.249 e. The van der Waals surface area contributed by atoms with E-state index in [1.165, 1.54) is 0 Å². The van der Waals surface area contributed by atoms with Crippen LogP contribution in [0.3, 0.4) is 0 Å². The van der Waals surface area contributed by atoms with Crippen LogP contribution >= 0.6 is 0 Å². The van der Waals surface area contributed by atoms with Crippen LogP contribution < -0.4 is 5.32 Å². The lowest BCUT2D eigenvalue weighted by Crippen LogP contribution is -2.69. The molecule has 3 atom stereocenters. The van der Waals surface area contributed by atoms with E-state index >= 15 is 0 Å². The monoisotopic (exact) mass is 279 g/mol. The van der Waals surface area contributed by atoms with Gasteiger partial charge >= 0.3 is 0 Å². The number of nitrogens with zero attached hydrogens (tertiary/aromatic N) is 2. The molecule has 112 valence electrons. The van der Waals surface area contributed by atoms with Gasteiger partial charge in [0.25, 0.3) is 0 Å². The molecule has 2 heterocycles. The summed E-state index contributed by atoms with van der Waals surface area (Å²) in [7, 11) is 2.12. The minimum atomic E-state index is -0.654. The lowest BCUT2D eigenvalue weighted by atomic mass is 9.86. The lowest BCUT2D eigenvalue weighted by Gasteiger charge is -2.47. The Morgan fingerprint density at radius 1 is 1.25 bits per heavy atom. The third kappa shape index (κ3) is 2.22. The summed E-state index contributed by atoms with van der Waals surface area (Å²) in [5, 5.41) is 2.96. The molecular formula is C15H25N3O2. The number of nitrogens with one attached hydrogen (secondary N) is 1. The van der Waals surface area contributed by atoms with Crippen molar-refractivity contribution in [2.75, 3.05) is 26.7 Å². The zero-order valence-electron chi connectivity index (χ0n) is 12.7. The van der Waals surface area contributed by atoms with Crippen molar-refractivity contribution >= 4 is 11.8 Å². The van der Waals surface area contributed by atoms with Gasteiger partial charge in [0, 0.05) is 12.6 Å². The van der Waals surface area contributed by atoms with Gasteiger partial charge in [0.2, 0.25) is 11.8 Å². The van der Waals surface area contributed by atoms with Crippen molar-refractivity contribution in [3.63, 3.8) is 0 Å². The third-order valence-electron chi connectivity index (χ3n) is 5.28. The highest BCUT2D eigenvalue weighted by Gasteiger charge is 2.54. The van der Waals surface area contributed by atoms with Crippen LogP contribution in [0.4, 0.5) is 0 Å². The van der Waals surface area contributed by atoms with E-state index < -0.39 is 5.54 Å². The first-order chi connectivity index (χ1) is 9.41. The lowest BCUT2D eigenvalue weighted by molar-refractivity contribution is -0.155. The van der Waals surface area contributed by atoms with Gasteiger partial charge in [-0.25, -0.2) is 0 Å². The summed E-state index contributed by atoms with van der Waals surface area (Å²) in [5.74, 6) is 0.904. The summed E-state index contributed by atoms with van der Waals surface area (Å²) in [6.07, 6.45) is 3.08. The standard InChI is InChI=1S/C15H25N3O2/c1-10-8-17(3)7-6-12(10)18-9-13(19)16-15(2,14(18)20)11-4-5-11/h10-12H,4-9H2,1-3H3,(H,16,19). The highest BCUT2D eigenvalue weighted by atomic mass is 16.2. The van der Waals surface area contributed by atoms with Crippen LogP contribution in [0.25, 0.3) is 0 Å². The van der Waals surface area contributed by atoms with Gasteiger partial charge in [0.15, 0.2) is 0 Å². The van der Waals surface area contributed by atoms with Crippen molar-refractivity contribution in [3.8, 4) is 0 Å². The average molecular weight is 279 g/mol. The molecule has 0 aromatic heterocycles. The molecule has 3 unspecified atom stereocenters. The van der Waals surface area contributed by atoms with Crippen molar-refractivity contribution in [2.45, 2.75) is 44.7 Å². The molecule has 2 aliphatic heterocycles. The van der Waals surface area contributed by atoms with Gasteiger partial charge in [0.1, 0.15) is 5.54 Å². The Labute approximate surface area is 120 Å². The van der Waals surface area contributed by atoms with Crippen molar-refractivity contribution < 1.29 is 9.59 Å².